The van der Waals surface area contributed by atoms with Crippen LogP contribution in [0.4, 0.5) is 17.6 Å². The number of alkyl halides is 3. The highest BCUT2D eigenvalue weighted by atomic mass is 19.4. The summed E-state index contributed by atoms with van der Waals surface area (Å²) in [5.74, 6) is -2.43. The highest BCUT2D eigenvalue weighted by Gasteiger charge is 2.34. The summed E-state index contributed by atoms with van der Waals surface area (Å²) >= 11 is 0. The van der Waals surface area contributed by atoms with Gasteiger partial charge in [0.15, 0.2) is 0 Å². The molecule has 1 aromatic rings. The number of likely N-dealkylation sites (tertiary alicyclic amines) is 1. The minimum Gasteiger partial charge on any atom is -0.465 e. The summed E-state index contributed by atoms with van der Waals surface area (Å²) in [6.07, 6.45) is 6.61. The van der Waals surface area contributed by atoms with Gasteiger partial charge in [0, 0.05) is 13.1 Å². The molecule has 0 unspecified atom stereocenters. The third-order valence-electron chi connectivity index (χ3n) is 6.13. The number of hydrogen-bond donors (Lipinski definition) is 0. The number of piperidine rings is 1. The van der Waals surface area contributed by atoms with Crippen LogP contribution in [0.15, 0.2) is 18.2 Å². The first kappa shape index (κ1) is 27.1. The lowest BCUT2D eigenvalue weighted by molar-refractivity contribution is -0.150. The molecule has 1 fully saturated rings. The van der Waals surface area contributed by atoms with Crippen molar-refractivity contribution in [1.29, 1.82) is 0 Å². The first-order chi connectivity index (χ1) is 15.7. The monoisotopic (exact) mass is 473 g/mol. The van der Waals surface area contributed by atoms with Gasteiger partial charge in [0.1, 0.15) is 5.82 Å². The largest absolute Gasteiger partial charge is 0.465 e. The Kier molecular flexibility index (Phi) is 11.1. The van der Waals surface area contributed by atoms with E-state index in [0.29, 0.717) is 37.6 Å². The number of ether oxygens (including phenoxy) is 1. The van der Waals surface area contributed by atoms with Crippen LogP contribution in [0.25, 0.3) is 0 Å². The van der Waals surface area contributed by atoms with Crippen molar-refractivity contribution >= 4 is 11.9 Å². The van der Waals surface area contributed by atoms with E-state index in [1.807, 2.05) is 0 Å². The lowest BCUT2D eigenvalue weighted by Gasteiger charge is -2.31. The van der Waals surface area contributed by atoms with Crippen LogP contribution in [0.1, 0.15) is 93.5 Å². The Hall–Kier alpha value is -2.12. The molecular weight excluding hydrogens is 438 g/mol. The van der Waals surface area contributed by atoms with Gasteiger partial charge in [0.2, 0.25) is 0 Å². The maximum atomic E-state index is 14.0. The number of nitrogens with zero attached hydrogens (tertiary/aromatic N) is 1. The third kappa shape index (κ3) is 8.97. The SMILES string of the molecule is CCCCCCCCCCCOC(=O)C1CCN(C(=O)c2cc(C(F)(F)F)ccc2F)CC1. The van der Waals surface area contributed by atoms with E-state index >= 15 is 0 Å². The lowest BCUT2D eigenvalue weighted by atomic mass is 9.96. The summed E-state index contributed by atoms with van der Waals surface area (Å²) < 4.78 is 58.0. The summed E-state index contributed by atoms with van der Waals surface area (Å²) in [5, 5.41) is 0. The zero-order chi connectivity index (χ0) is 24.3. The summed E-state index contributed by atoms with van der Waals surface area (Å²) in [6.45, 7) is 2.92. The molecular formula is C25H35F4NO3. The Bertz CT molecular complexity index is 759. The molecule has 1 aliphatic rings. The van der Waals surface area contributed by atoms with Crippen LogP contribution in [-0.4, -0.2) is 36.5 Å². The first-order valence-corrected chi connectivity index (χ1v) is 12.1. The number of halogens is 4. The Labute approximate surface area is 193 Å². The molecule has 0 atom stereocenters. The predicted octanol–water partition coefficient (Wildman–Crippen LogP) is 6.77. The van der Waals surface area contributed by atoms with Crippen LogP contribution < -0.4 is 0 Å². The van der Waals surface area contributed by atoms with Crippen LogP contribution in [0.3, 0.4) is 0 Å². The topological polar surface area (TPSA) is 46.6 Å². The minimum absolute atomic E-state index is 0.173. The molecule has 33 heavy (non-hydrogen) atoms. The molecule has 186 valence electrons. The normalized spacial score (nSPS) is 15.0. The third-order valence-corrected chi connectivity index (χ3v) is 6.13. The molecule has 4 nitrogen and oxygen atoms in total. The number of rotatable bonds is 12. The molecule has 0 aromatic heterocycles. The van der Waals surface area contributed by atoms with Crippen molar-refractivity contribution in [3.8, 4) is 0 Å². The van der Waals surface area contributed by atoms with Crippen molar-refractivity contribution in [3.05, 3.63) is 35.1 Å². The van der Waals surface area contributed by atoms with E-state index in [4.69, 9.17) is 4.74 Å². The van der Waals surface area contributed by atoms with Crippen molar-refractivity contribution < 1.29 is 31.9 Å². The van der Waals surface area contributed by atoms with E-state index < -0.39 is 29.0 Å². The Morgan fingerprint density at radius 3 is 2.12 bits per heavy atom. The van der Waals surface area contributed by atoms with Crippen molar-refractivity contribution in [2.24, 2.45) is 5.92 Å². The second-order valence-electron chi connectivity index (χ2n) is 8.75. The molecule has 0 bridgehead atoms. The average Bonchev–Trinajstić information content (AvgIpc) is 2.79. The summed E-state index contributed by atoms with van der Waals surface area (Å²) in [5.41, 5.74) is -1.67. The van der Waals surface area contributed by atoms with Crippen molar-refractivity contribution in [1.82, 2.24) is 4.90 Å². The fourth-order valence-corrected chi connectivity index (χ4v) is 4.06. The smallest absolute Gasteiger partial charge is 0.416 e. The first-order valence-electron chi connectivity index (χ1n) is 12.1. The molecule has 1 aromatic carbocycles. The van der Waals surface area contributed by atoms with E-state index in [0.717, 1.165) is 19.3 Å². The van der Waals surface area contributed by atoms with Gasteiger partial charge in [-0.25, -0.2) is 4.39 Å². The van der Waals surface area contributed by atoms with Crippen molar-refractivity contribution in [2.75, 3.05) is 19.7 Å². The van der Waals surface area contributed by atoms with Crippen molar-refractivity contribution in [3.63, 3.8) is 0 Å². The quantitative estimate of drug-likeness (QED) is 0.191. The van der Waals surface area contributed by atoms with Crippen molar-refractivity contribution in [2.45, 2.75) is 83.7 Å². The second-order valence-corrected chi connectivity index (χ2v) is 8.75. The minimum atomic E-state index is -4.66. The number of amides is 1. The van der Waals surface area contributed by atoms with E-state index in [-0.39, 0.29) is 25.0 Å². The van der Waals surface area contributed by atoms with Gasteiger partial charge in [-0.2, -0.15) is 13.2 Å². The Morgan fingerprint density at radius 1 is 0.970 bits per heavy atom. The Morgan fingerprint density at radius 2 is 1.55 bits per heavy atom. The average molecular weight is 474 g/mol. The molecule has 1 heterocycles. The van der Waals surface area contributed by atoms with Crippen LogP contribution >= 0.6 is 0 Å². The highest BCUT2D eigenvalue weighted by molar-refractivity contribution is 5.95. The molecule has 8 heteroatoms. The van der Waals surface area contributed by atoms with Gasteiger partial charge in [-0.15, -0.1) is 0 Å². The highest BCUT2D eigenvalue weighted by Crippen LogP contribution is 2.31. The van der Waals surface area contributed by atoms with E-state index in [1.165, 1.54) is 43.4 Å². The predicted molar refractivity (Wildman–Crippen MR) is 118 cm³/mol. The number of benzene rings is 1. The number of hydrogen-bond acceptors (Lipinski definition) is 3. The van der Waals surface area contributed by atoms with Gasteiger partial charge < -0.3 is 9.64 Å². The molecule has 0 saturated carbocycles. The van der Waals surface area contributed by atoms with E-state index in [1.54, 1.807) is 0 Å². The van der Waals surface area contributed by atoms with Gasteiger partial charge in [-0.1, -0.05) is 58.3 Å². The molecule has 0 spiro atoms. The van der Waals surface area contributed by atoms with E-state index in [2.05, 4.69) is 6.92 Å². The zero-order valence-electron chi connectivity index (χ0n) is 19.4. The van der Waals surface area contributed by atoms with Crippen LogP contribution in [0.2, 0.25) is 0 Å². The van der Waals surface area contributed by atoms with Gasteiger partial charge in [-0.05, 0) is 37.5 Å². The van der Waals surface area contributed by atoms with Crippen LogP contribution in [0.5, 0.6) is 0 Å². The molecule has 1 amide bonds. The molecule has 2 rings (SSSR count). The fourth-order valence-electron chi connectivity index (χ4n) is 4.06. The molecule has 0 radical (unpaired) electrons. The molecule has 0 aliphatic carbocycles. The van der Waals surface area contributed by atoms with E-state index in [9.17, 15) is 27.2 Å². The maximum absolute atomic E-state index is 14.0. The summed E-state index contributed by atoms with van der Waals surface area (Å²) in [4.78, 5) is 26.1. The zero-order valence-corrected chi connectivity index (χ0v) is 19.4. The van der Waals surface area contributed by atoms with Crippen LogP contribution in [0, 0.1) is 11.7 Å². The van der Waals surface area contributed by atoms with Crippen LogP contribution in [-0.2, 0) is 15.7 Å². The fraction of sp³-hybridized carbons (Fsp3) is 0.680. The summed E-state index contributed by atoms with van der Waals surface area (Å²) in [7, 11) is 0. The Balaban J connectivity index is 1.68. The second kappa shape index (κ2) is 13.6. The number of carbonyl (C=O) groups excluding carboxylic acids is 2. The number of esters is 1. The standard InChI is InChI=1S/C25H35F4NO3/c1-2-3-4-5-6-7-8-9-10-17-33-24(32)19-13-15-30(16-14-19)23(31)21-18-20(25(27,28)29)11-12-22(21)26/h11-12,18-19H,2-10,13-17H2,1H3. The van der Waals surface area contributed by atoms with Gasteiger partial charge >= 0.3 is 12.1 Å². The molecule has 0 N–H and O–H groups in total. The maximum Gasteiger partial charge on any atom is 0.416 e. The molecule has 1 saturated heterocycles. The van der Waals surface area contributed by atoms with Gasteiger partial charge in [0.05, 0.1) is 23.7 Å². The van der Waals surface area contributed by atoms with Gasteiger partial charge in [-0.3, -0.25) is 9.59 Å². The lowest BCUT2D eigenvalue weighted by Crippen LogP contribution is -2.41. The van der Waals surface area contributed by atoms with Gasteiger partial charge in [0.25, 0.3) is 5.91 Å². The number of unbranched alkanes of at least 4 members (excludes halogenated alkanes) is 8. The molecule has 1 aliphatic heterocycles. The summed E-state index contributed by atoms with van der Waals surface area (Å²) in [6, 6.07) is 1.82. The number of carbonyl (C=O) groups is 2.